The summed E-state index contributed by atoms with van der Waals surface area (Å²) in [7, 11) is 0. The van der Waals surface area contributed by atoms with Gasteiger partial charge in [0.25, 0.3) is 0 Å². The maximum Gasteiger partial charge on any atom is 0.336 e. The van der Waals surface area contributed by atoms with E-state index in [0.29, 0.717) is 6.42 Å². The number of aliphatic hydroxyl groups is 1. The Bertz CT molecular complexity index is 201. The number of esters is 1. The van der Waals surface area contributed by atoms with Gasteiger partial charge in [-0.15, -0.1) is 0 Å². The summed E-state index contributed by atoms with van der Waals surface area (Å²) in [4.78, 5) is 11.3. The number of aliphatic hydroxyl groups excluding tert-OH is 1. The third-order valence-electron chi connectivity index (χ3n) is 1.45. The summed E-state index contributed by atoms with van der Waals surface area (Å²) in [6.45, 7) is 10.6. The van der Waals surface area contributed by atoms with E-state index in [1.807, 2.05) is 0 Å². The monoisotopic (exact) mass is 186 g/mol. The highest BCUT2D eigenvalue weighted by Crippen LogP contribution is 2.13. The van der Waals surface area contributed by atoms with Crippen LogP contribution >= 0.6 is 0 Å². The fraction of sp³-hybridized carbons (Fsp3) is 0.700. The van der Waals surface area contributed by atoms with Gasteiger partial charge in [0.15, 0.2) is 0 Å². The number of hydrogen-bond donors (Lipinski definition) is 1. The molecule has 0 aromatic carbocycles. The number of hydrogen-bond acceptors (Lipinski definition) is 3. The normalized spacial score (nSPS) is 13.6. The molecule has 76 valence electrons. The highest BCUT2D eigenvalue weighted by Gasteiger charge is 2.21. The Balaban J connectivity index is 4.21. The lowest BCUT2D eigenvalue weighted by Crippen LogP contribution is -2.28. The van der Waals surface area contributed by atoms with E-state index in [1.54, 1.807) is 27.7 Å². The molecular formula is C10H18O3. The molecule has 0 saturated heterocycles. The molecule has 3 nitrogen and oxygen atoms in total. The first-order chi connectivity index (χ1) is 5.78. The summed E-state index contributed by atoms with van der Waals surface area (Å²) in [6, 6.07) is 0. The Morgan fingerprint density at radius 2 is 2.00 bits per heavy atom. The summed E-state index contributed by atoms with van der Waals surface area (Å²) < 4.78 is 5.02. The fourth-order valence-corrected chi connectivity index (χ4v) is 0.726. The zero-order valence-electron chi connectivity index (χ0n) is 8.76. The van der Waals surface area contributed by atoms with Crippen LogP contribution in [0.4, 0.5) is 0 Å². The number of ether oxygens (including phenoxy) is 1. The Morgan fingerprint density at radius 1 is 1.54 bits per heavy atom. The van der Waals surface area contributed by atoms with Crippen LogP contribution in [0.5, 0.6) is 0 Å². The molecule has 0 heterocycles. The van der Waals surface area contributed by atoms with Crippen molar-refractivity contribution in [3.8, 4) is 0 Å². The van der Waals surface area contributed by atoms with Crippen molar-refractivity contribution >= 4 is 5.97 Å². The molecule has 0 spiro atoms. The van der Waals surface area contributed by atoms with Gasteiger partial charge < -0.3 is 9.84 Å². The van der Waals surface area contributed by atoms with Gasteiger partial charge in [-0.3, -0.25) is 0 Å². The molecule has 0 saturated carbocycles. The van der Waals surface area contributed by atoms with Crippen molar-refractivity contribution in [2.45, 2.75) is 45.8 Å². The number of carbonyl (C=O) groups excluding carboxylic acids is 1. The summed E-state index contributed by atoms with van der Waals surface area (Å²) in [5, 5.41) is 9.29. The zero-order chi connectivity index (χ0) is 10.6. The van der Waals surface area contributed by atoms with Gasteiger partial charge in [0.05, 0.1) is 11.7 Å². The fourth-order valence-electron chi connectivity index (χ4n) is 0.726. The van der Waals surface area contributed by atoms with E-state index in [2.05, 4.69) is 6.58 Å². The molecule has 0 aromatic heterocycles. The molecular weight excluding hydrogens is 168 g/mol. The molecule has 0 radical (unpaired) electrons. The van der Waals surface area contributed by atoms with E-state index in [4.69, 9.17) is 4.74 Å². The largest absolute Gasteiger partial charge is 0.457 e. The molecule has 1 N–H and O–H groups in total. The van der Waals surface area contributed by atoms with Crippen LogP contribution < -0.4 is 0 Å². The van der Waals surface area contributed by atoms with Crippen molar-refractivity contribution in [3.05, 3.63) is 12.2 Å². The topological polar surface area (TPSA) is 46.5 Å². The van der Waals surface area contributed by atoms with Gasteiger partial charge in [-0.1, -0.05) is 13.5 Å². The van der Waals surface area contributed by atoms with Crippen LogP contribution in [0, 0.1) is 0 Å². The van der Waals surface area contributed by atoms with E-state index in [1.165, 1.54) is 0 Å². The van der Waals surface area contributed by atoms with Gasteiger partial charge >= 0.3 is 5.97 Å². The highest BCUT2D eigenvalue weighted by atomic mass is 16.6. The summed E-state index contributed by atoms with van der Waals surface area (Å²) >= 11 is 0. The van der Waals surface area contributed by atoms with E-state index < -0.39 is 17.7 Å². The van der Waals surface area contributed by atoms with Crippen LogP contribution in [-0.4, -0.2) is 22.8 Å². The van der Waals surface area contributed by atoms with Crippen LogP contribution in [0.25, 0.3) is 0 Å². The van der Waals surface area contributed by atoms with Gasteiger partial charge in [-0.2, -0.15) is 0 Å². The molecule has 0 aliphatic heterocycles. The first kappa shape index (κ1) is 12.2. The first-order valence-corrected chi connectivity index (χ1v) is 4.38. The lowest BCUT2D eigenvalue weighted by atomic mass is 10.1. The van der Waals surface area contributed by atoms with E-state index >= 15 is 0 Å². The maximum atomic E-state index is 11.3. The quantitative estimate of drug-likeness (QED) is 0.538. The lowest BCUT2D eigenvalue weighted by Gasteiger charge is -2.21. The summed E-state index contributed by atoms with van der Waals surface area (Å²) in [5.74, 6) is -0.526. The van der Waals surface area contributed by atoms with Crippen molar-refractivity contribution < 1.29 is 14.6 Å². The van der Waals surface area contributed by atoms with Crippen LogP contribution in [0.15, 0.2) is 12.2 Å². The second-order valence-electron chi connectivity index (χ2n) is 3.95. The molecule has 0 aliphatic rings. The molecule has 1 atom stereocenters. The number of carbonyl (C=O) groups is 1. The summed E-state index contributed by atoms with van der Waals surface area (Å²) in [6.07, 6.45) is -0.326. The molecule has 3 heteroatoms. The summed E-state index contributed by atoms with van der Waals surface area (Å²) in [5.41, 5.74) is -0.412. The average Bonchev–Trinajstić information content (AvgIpc) is 1.98. The molecule has 0 fully saturated rings. The van der Waals surface area contributed by atoms with Gasteiger partial charge in [-0.25, -0.2) is 4.79 Å². The third-order valence-corrected chi connectivity index (χ3v) is 1.45. The molecule has 0 aromatic rings. The van der Waals surface area contributed by atoms with E-state index in [9.17, 15) is 9.90 Å². The van der Waals surface area contributed by atoms with Crippen LogP contribution in [0.1, 0.15) is 34.1 Å². The predicted octanol–water partition coefficient (Wildman–Crippen LogP) is 1.66. The molecule has 0 bridgehead atoms. The molecule has 0 aliphatic carbocycles. The molecule has 1 unspecified atom stereocenters. The minimum Gasteiger partial charge on any atom is -0.457 e. The molecule has 0 rings (SSSR count). The molecule has 0 amide bonds. The number of rotatable bonds is 3. The van der Waals surface area contributed by atoms with Crippen LogP contribution in [0.2, 0.25) is 0 Å². The Morgan fingerprint density at radius 3 is 2.31 bits per heavy atom. The Hall–Kier alpha value is -0.830. The average molecular weight is 186 g/mol. The van der Waals surface area contributed by atoms with Gasteiger partial charge in [0.2, 0.25) is 0 Å². The van der Waals surface area contributed by atoms with Crippen LogP contribution in [-0.2, 0) is 9.53 Å². The van der Waals surface area contributed by atoms with Gasteiger partial charge in [0.1, 0.15) is 5.60 Å². The molecule has 13 heavy (non-hydrogen) atoms. The van der Waals surface area contributed by atoms with Gasteiger partial charge in [-0.05, 0) is 27.2 Å². The highest BCUT2D eigenvalue weighted by molar-refractivity contribution is 5.89. The minimum atomic E-state index is -0.796. The zero-order valence-corrected chi connectivity index (χ0v) is 8.76. The Labute approximate surface area is 79.4 Å². The predicted molar refractivity (Wildman–Crippen MR) is 51.3 cm³/mol. The second kappa shape index (κ2) is 4.42. The van der Waals surface area contributed by atoms with Crippen molar-refractivity contribution in [2.75, 3.05) is 0 Å². The van der Waals surface area contributed by atoms with Crippen molar-refractivity contribution in [1.29, 1.82) is 0 Å². The maximum absolute atomic E-state index is 11.3. The third kappa shape index (κ3) is 4.68. The Kier molecular flexibility index (Phi) is 4.14. The van der Waals surface area contributed by atoms with Crippen molar-refractivity contribution in [3.63, 3.8) is 0 Å². The SMILES string of the molecule is C=C(C(=O)OC(C)(C)C)C(O)CC. The van der Waals surface area contributed by atoms with Crippen molar-refractivity contribution in [2.24, 2.45) is 0 Å². The van der Waals surface area contributed by atoms with Gasteiger partial charge in [0, 0.05) is 0 Å². The second-order valence-corrected chi connectivity index (χ2v) is 3.95. The smallest absolute Gasteiger partial charge is 0.336 e. The first-order valence-electron chi connectivity index (χ1n) is 4.38. The minimum absolute atomic E-state index is 0.123. The van der Waals surface area contributed by atoms with Crippen molar-refractivity contribution in [1.82, 2.24) is 0 Å². The van der Waals surface area contributed by atoms with E-state index in [0.717, 1.165) is 0 Å². The van der Waals surface area contributed by atoms with E-state index in [-0.39, 0.29) is 5.57 Å². The van der Waals surface area contributed by atoms with Crippen LogP contribution in [0.3, 0.4) is 0 Å². The lowest BCUT2D eigenvalue weighted by molar-refractivity contribution is -0.151. The standard InChI is InChI=1S/C10H18O3/c1-6-8(11)7(2)9(12)13-10(3,4)5/h8,11H,2,6H2,1,3-5H3.